The second-order valence-corrected chi connectivity index (χ2v) is 7.10. The van der Waals surface area contributed by atoms with Crippen LogP contribution in [0.5, 0.6) is 0 Å². The summed E-state index contributed by atoms with van der Waals surface area (Å²) in [5.41, 5.74) is 1.77. The Kier molecular flexibility index (Phi) is 5.04. The zero-order valence-corrected chi connectivity index (χ0v) is 13.4. The van der Waals surface area contributed by atoms with E-state index in [1.54, 1.807) is 0 Å². The minimum atomic E-state index is -0.0587. The molecule has 2 unspecified atom stereocenters. The van der Waals surface area contributed by atoms with Crippen molar-refractivity contribution in [2.45, 2.75) is 57.9 Å². The van der Waals surface area contributed by atoms with Gasteiger partial charge >= 0.3 is 0 Å². The molecule has 116 valence electrons. The molecule has 2 atom stereocenters. The molecule has 2 rings (SSSR count). The van der Waals surface area contributed by atoms with Crippen molar-refractivity contribution >= 4 is 5.91 Å². The topological polar surface area (TPSA) is 49.3 Å². The third kappa shape index (κ3) is 3.85. The van der Waals surface area contributed by atoms with E-state index in [0.717, 1.165) is 36.8 Å². The van der Waals surface area contributed by atoms with Crippen LogP contribution in [0.3, 0.4) is 0 Å². The molecule has 0 bridgehead atoms. The van der Waals surface area contributed by atoms with Crippen LogP contribution in [0.15, 0.2) is 24.3 Å². The number of carbonyl (C=O) groups is 1. The lowest BCUT2D eigenvalue weighted by atomic mass is 9.82. The molecule has 0 aliphatic heterocycles. The van der Waals surface area contributed by atoms with E-state index in [9.17, 15) is 9.90 Å². The van der Waals surface area contributed by atoms with Crippen LogP contribution < -0.4 is 5.32 Å². The number of amides is 1. The molecule has 0 saturated heterocycles. The molecule has 0 spiro atoms. The van der Waals surface area contributed by atoms with Crippen LogP contribution in [0.25, 0.3) is 0 Å². The van der Waals surface area contributed by atoms with Crippen molar-refractivity contribution in [1.82, 2.24) is 5.32 Å². The number of aliphatic hydroxyl groups is 1. The van der Waals surface area contributed by atoms with Crippen molar-refractivity contribution in [3.8, 4) is 0 Å². The van der Waals surface area contributed by atoms with Crippen LogP contribution in [-0.4, -0.2) is 23.7 Å². The molecule has 3 nitrogen and oxygen atoms in total. The summed E-state index contributed by atoms with van der Waals surface area (Å²) >= 11 is 0. The molecule has 3 heteroatoms. The quantitative estimate of drug-likeness (QED) is 0.897. The molecule has 0 aromatic heterocycles. The lowest BCUT2D eigenvalue weighted by Crippen LogP contribution is -2.44. The normalized spacial score (nSPS) is 22.9. The number of carbonyl (C=O) groups excluding carboxylic acids is 1. The summed E-state index contributed by atoms with van der Waals surface area (Å²) in [5.74, 6) is 0.190. The highest BCUT2D eigenvalue weighted by molar-refractivity contribution is 5.96. The summed E-state index contributed by atoms with van der Waals surface area (Å²) in [5, 5.41) is 12.6. The van der Waals surface area contributed by atoms with E-state index in [0.29, 0.717) is 0 Å². The van der Waals surface area contributed by atoms with Crippen molar-refractivity contribution in [1.29, 1.82) is 0 Å². The Bertz CT molecular complexity index is 490. The molecule has 1 fully saturated rings. The number of hydrogen-bond donors (Lipinski definition) is 2. The first-order valence-electron chi connectivity index (χ1n) is 7.94. The summed E-state index contributed by atoms with van der Waals surface area (Å²) in [7, 11) is 0. The Morgan fingerprint density at radius 3 is 2.57 bits per heavy atom. The Balaban J connectivity index is 2.17. The number of benzene rings is 1. The molecule has 1 saturated carbocycles. The van der Waals surface area contributed by atoms with E-state index in [4.69, 9.17) is 0 Å². The van der Waals surface area contributed by atoms with Gasteiger partial charge in [0, 0.05) is 24.1 Å². The summed E-state index contributed by atoms with van der Waals surface area (Å²) in [6.45, 7) is 6.52. The Morgan fingerprint density at radius 1 is 1.24 bits per heavy atom. The number of hydrogen-bond acceptors (Lipinski definition) is 2. The standard InChI is InChI=1S/C18H27NO2/c1-18(2,3)15-10-6-5-9-14(15)17(21)19-16-11-7-4-8-13(16)12-20/h5-6,9-10,13,16,20H,4,7-8,11-12H2,1-3H3,(H,19,21). The van der Waals surface area contributed by atoms with E-state index >= 15 is 0 Å². The van der Waals surface area contributed by atoms with Crippen LogP contribution in [0.4, 0.5) is 0 Å². The van der Waals surface area contributed by atoms with Crippen molar-refractivity contribution in [3.05, 3.63) is 35.4 Å². The molecule has 2 N–H and O–H groups in total. The third-order valence-corrected chi connectivity index (χ3v) is 4.44. The molecule has 1 aromatic carbocycles. The fourth-order valence-corrected chi connectivity index (χ4v) is 3.20. The van der Waals surface area contributed by atoms with Crippen LogP contribution in [0.1, 0.15) is 62.4 Å². The van der Waals surface area contributed by atoms with Crippen LogP contribution in [0, 0.1) is 5.92 Å². The second-order valence-electron chi connectivity index (χ2n) is 7.10. The molecule has 1 aliphatic rings. The van der Waals surface area contributed by atoms with Gasteiger partial charge in [0.1, 0.15) is 0 Å². The molecular weight excluding hydrogens is 262 g/mol. The van der Waals surface area contributed by atoms with Gasteiger partial charge < -0.3 is 10.4 Å². The van der Waals surface area contributed by atoms with Gasteiger partial charge in [0.25, 0.3) is 5.91 Å². The number of nitrogens with one attached hydrogen (secondary N) is 1. The minimum Gasteiger partial charge on any atom is -0.396 e. The van der Waals surface area contributed by atoms with E-state index in [1.807, 2.05) is 24.3 Å². The van der Waals surface area contributed by atoms with Gasteiger partial charge in [-0.25, -0.2) is 0 Å². The van der Waals surface area contributed by atoms with E-state index < -0.39 is 0 Å². The molecule has 0 radical (unpaired) electrons. The maximum atomic E-state index is 12.6. The zero-order chi connectivity index (χ0) is 15.5. The Labute approximate surface area is 127 Å². The lowest BCUT2D eigenvalue weighted by Gasteiger charge is -2.31. The van der Waals surface area contributed by atoms with Gasteiger partial charge in [0.05, 0.1) is 0 Å². The van der Waals surface area contributed by atoms with Crippen molar-refractivity contribution in [3.63, 3.8) is 0 Å². The van der Waals surface area contributed by atoms with Crippen LogP contribution in [0.2, 0.25) is 0 Å². The molecular formula is C18H27NO2. The summed E-state index contributed by atoms with van der Waals surface area (Å²) in [4.78, 5) is 12.6. The average molecular weight is 289 g/mol. The predicted octanol–water partition coefficient (Wildman–Crippen LogP) is 3.27. The Morgan fingerprint density at radius 2 is 1.90 bits per heavy atom. The Hall–Kier alpha value is -1.35. The highest BCUT2D eigenvalue weighted by Crippen LogP contribution is 2.27. The van der Waals surface area contributed by atoms with Crippen LogP contribution >= 0.6 is 0 Å². The molecule has 1 amide bonds. The van der Waals surface area contributed by atoms with Gasteiger partial charge in [-0.3, -0.25) is 4.79 Å². The van der Waals surface area contributed by atoms with Crippen molar-refractivity contribution < 1.29 is 9.90 Å². The summed E-state index contributed by atoms with van der Waals surface area (Å²) in [6, 6.07) is 7.92. The average Bonchev–Trinajstić information content (AvgIpc) is 2.47. The van der Waals surface area contributed by atoms with Crippen molar-refractivity contribution in [2.24, 2.45) is 5.92 Å². The van der Waals surface area contributed by atoms with Gasteiger partial charge in [-0.2, -0.15) is 0 Å². The smallest absolute Gasteiger partial charge is 0.251 e. The number of rotatable bonds is 3. The van der Waals surface area contributed by atoms with Gasteiger partial charge in [-0.05, 0) is 29.9 Å². The van der Waals surface area contributed by atoms with Crippen LogP contribution in [-0.2, 0) is 5.41 Å². The monoisotopic (exact) mass is 289 g/mol. The van der Waals surface area contributed by atoms with Gasteiger partial charge in [0.2, 0.25) is 0 Å². The van der Waals surface area contributed by atoms with Crippen molar-refractivity contribution in [2.75, 3.05) is 6.61 Å². The predicted molar refractivity (Wildman–Crippen MR) is 85.4 cm³/mol. The fraction of sp³-hybridized carbons (Fsp3) is 0.611. The largest absolute Gasteiger partial charge is 0.396 e. The number of aliphatic hydroxyl groups excluding tert-OH is 1. The van der Waals surface area contributed by atoms with Gasteiger partial charge in [-0.1, -0.05) is 51.8 Å². The SMILES string of the molecule is CC(C)(C)c1ccccc1C(=O)NC1CCCCC1CO. The maximum absolute atomic E-state index is 12.6. The lowest BCUT2D eigenvalue weighted by molar-refractivity contribution is 0.0870. The minimum absolute atomic E-state index is 0.00845. The second kappa shape index (κ2) is 6.61. The molecule has 21 heavy (non-hydrogen) atoms. The third-order valence-electron chi connectivity index (χ3n) is 4.44. The van der Waals surface area contributed by atoms with E-state index in [2.05, 4.69) is 26.1 Å². The summed E-state index contributed by atoms with van der Waals surface area (Å²) in [6.07, 6.45) is 4.25. The maximum Gasteiger partial charge on any atom is 0.251 e. The fourth-order valence-electron chi connectivity index (χ4n) is 3.20. The molecule has 1 aromatic rings. The molecule has 1 aliphatic carbocycles. The summed E-state index contributed by atoms with van der Waals surface area (Å²) < 4.78 is 0. The van der Waals surface area contributed by atoms with Gasteiger partial charge in [0.15, 0.2) is 0 Å². The van der Waals surface area contributed by atoms with E-state index in [-0.39, 0.29) is 29.9 Å². The highest BCUT2D eigenvalue weighted by Gasteiger charge is 2.28. The first kappa shape index (κ1) is 16.0. The first-order chi connectivity index (χ1) is 9.93. The van der Waals surface area contributed by atoms with E-state index in [1.165, 1.54) is 0 Å². The first-order valence-corrected chi connectivity index (χ1v) is 7.94. The van der Waals surface area contributed by atoms with Gasteiger partial charge in [-0.15, -0.1) is 0 Å². The zero-order valence-electron chi connectivity index (χ0n) is 13.4. The highest BCUT2D eigenvalue weighted by atomic mass is 16.3. The molecule has 0 heterocycles.